The number of hydrogen-bond donors (Lipinski definition) is 3. The molecule has 2 aromatic carbocycles. The van der Waals surface area contributed by atoms with Crippen molar-refractivity contribution in [2.45, 2.75) is 39.8 Å². The van der Waals surface area contributed by atoms with Crippen LogP contribution in [0.4, 0.5) is 5.69 Å². The topological polar surface area (TPSA) is 64.1 Å². The summed E-state index contributed by atoms with van der Waals surface area (Å²) in [7, 11) is 0. The molecule has 0 saturated heterocycles. The molecule has 0 aromatic heterocycles. The minimum Gasteiger partial charge on any atom is -0.401 e. The zero-order chi connectivity index (χ0) is 25.4. The standard InChI is InChI=1S/C22H25N3.C9H14/c1-13-14(2)21(15(13)3)25-22(16(4)23)18-11-9-17(10-12-18)19-7-5-6-8-20(19)24;1-5-9(4)7-6-8(2)3/h5-12,15,21-22,25H,1-2,4,23-24H2,3H3;5-7H,1H2,2-4H3/b;9-7-. The Kier molecular flexibility index (Phi) is 9.47. The van der Waals surface area contributed by atoms with Crippen LogP contribution in [-0.2, 0) is 0 Å². The lowest BCUT2D eigenvalue weighted by molar-refractivity contribution is 0.380. The highest BCUT2D eigenvalue weighted by Crippen LogP contribution is 2.38. The number of nitrogens with one attached hydrogen (secondary N) is 1. The summed E-state index contributed by atoms with van der Waals surface area (Å²) >= 11 is 0. The Morgan fingerprint density at radius 3 is 2.09 bits per heavy atom. The Bertz CT molecular complexity index is 1110. The Balaban J connectivity index is 0.000000387. The molecule has 1 aliphatic rings. The van der Waals surface area contributed by atoms with Crippen molar-refractivity contribution in [3.8, 4) is 11.1 Å². The molecule has 1 aliphatic carbocycles. The third kappa shape index (κ3) is 6.72. The number of hydrogen-bond acceptors (Lipinski definition) is 3. The molecule has 3 unspecified atom stereocenters. The summed E-state index contributed by atoms with van der Waals surface area (Å²) in [4.78, 5) is 0. The minimum atomic E-state index is -0.125. The van der Waals surface area contributed by atoms with E-state index in [2.05, 4.69) is 88.8 Å². The van der Waals surface area contributed by atoms with E-state index in [-0.39, 0.29) is 12.1 Å². The van der Waals surface area contributed by atoms with E-state index in [1.807, 2.05) is 37.3 Å². The van der Waals surface area contributed by atoms with Crippen LogP contribution in [0, 0.1) is 5.92 Å². The number of rotatable bonds is 7. The fourth-order valence-corrected chi connectivity index (χ4v) is 3.72. The van der Waals surface area contributed by atoms with Gasteiger partial charge in [0, 0.05) is 28.9 Å². The van der Waals surface area contributed by atoms with E-state index < -0.39 is 0 Å². The maximum atomic E-state index is 6.07. The van der Waals surface area contributed by atoms with Gasteiger partial charge in [0.1, 0.15) is 0 Å². The molecule has 0 radical (unpaired) electrons. The number of nitrogen functional groups attached to an aromatic ring is 1. The molecule has 2 aromatic rings. The van der Waals surface area contributed by atoms with Gasteiger partial charge < -0.3 is 11.5 Å². The molecule has 1 saturated carbocycles. The van der Waals surface area contributed by atoms with E-state index in [0.29, 0.717) is 11.6 Å². The highest BCUT2D eigenvalue weighted by Gasteiger charge is 2.36. The maximum absolute atomic E-state index is 6.07. The number of benzene rings is 2. The average Bonchev–Trinajstić information content (AvgIpc) is 2.83. The van der Waals surface area contributed by atoms with E-state index in [0.717, 1.165) is 33.5 Å². The first-order chi connectivity index (χ1) is 16.1. The molecule has 0 spiro atoms. The van der Waals surface area contributed by atoms with Crippen LogP contribution in [0.2, 0.25) is 0 Å². The fraction of sp³-hybridized carbons (Fsp3) is 0.226. The molecule has 3 atom stereocenters. The maximum Gasteiger partial charge on any atom is 0.0722 e. The van der Waals surface area contributed by atoms with Crippen LogP contribution < -0.4 is 16.8 Å². The molecule has 0 bridgehead atoms. The van der Waals surface area contributed by atoms with Gasteiger partial charge in [-0.05, 0) is 49.1 Å². The molecule has 178 valence electrons. The summed E-state index contributed by atoms with van der Waals surface area (Å²) < 4.78 is 0. The summed E-state index contributed by atoms with van der Waals surface area (Å²) in [6, 6.07) is 16.2. The van der Waals surface area contributed by atoms with Crippen LogP contribution in [0.5, 0.6) is 0 Å². The van der Waals surface area contributed by atoms with Crippen molar-refractivity contribution >= 4 is 5.69 Å². The molecular formula is C31H39N3. The van der Waals surface area contributed by atoms with Gasteiger partial charge in [-0.25, -0.2) is 0 Å². The lowest BCUT2D eigenvalue weighted by Gasteiger charge is -2.42. The van der Waals surface area contributed by atoms with Crippen molar-refractivity contribution in [2.75, 3.05) is 5.73 Å². The van der Waals surface area contributed by atoms with E-state index >= 15 is 0 Å². The van der Waals surface area contributed by atoms with Crippen molar-refractivity contribution in [3.05, 3.63) is 127 Å². The lowest BCUT2D eigenvalue weighted by atomic mass is 9.72. The summed E-state index contributed by atoms with van der Waals surface area (Å²) in [5.41, 5.74) is 21.4. The van der Waals surface area contributed by atoms with Gasteiger partial charge in [0.05, 0.1) is 6.04 Å². The van der Waals surface area contributed by atoms with Gasteiger partial charge in [-0.1, -0.05) is 105 Å². The van der Waals surface area contributed by atoms with Crippen LogP contribution in [0.25, 0.3) is 11.1 Å². The first-order valence-corrected chi connectivity index (χ1v) is 11.5. The summed E-state index contributed by atoms with van der Waals surface area (Å²) in [6.07, 6.45) is 5.98. The number of para-hydroxylation sites is 1. The van der Waals surface area contributed by atoms with Crippen molar-refractivity contribution in [1.82, 2.24) is 5.32 Å². The van der Waals surface area contributed by atoms with E-state index in [4.69, 9.17) is 11.5 Å². The SMILES string of the molecule is C=C(N)C(NC1C(=C)C(=C)C1C)c1ccc(-c2ccccc2N)cc1.C=C/C(C)=C\C=C(C)C. The van der Waals surface area contributed by atoms with Crippen molar-refractivity contribution in [2.24, 2.45) is 11.7 Å². The molecular weight excluding hydrogens is 414 g/mol. The number of allylic oxidation sites excluding steroid dienone is 5. The van der Waals surface area contributed by atoms with Gasteiger partial charge in [0.25, 0.3) is 0 Å². The Morgan fingerprint density at radius 2 is 1.59 bits per heavy atom. The molecule has 3 rings (SSSR count). The van der Waals surface area contributed by atoms with Crippen molar-refractivity contribution in [3.63, 3.8) is 0 Å². The summed E-state index contributed by atoms with van der Waals surface area (Å²) in [6.45, 7) is 24.1. The van der Waals surface area contributed by atoms with Crippen LogP contribution in [-0.4, -0.2) is 6.04 Å². The van der Waals surface area contributed by atoms with Gasteiger partial charge in [0.2, 0.25) is 0 Å². The second kappa shape index (κ2) is 12.1. The highest BCUT2D eigenvalue weighted by molar-refractivity contribution is 5.76. The predicted molar refractivity (Wildman–Crippen MR) is 150 cm³/mol. The fourth-order valence-electron chi connectivity index (χ4n) is 3.72. The van der Waals surface area contributed by atoms with Gasteiger partial charge in [-0.15, -0.1) is 0 Å². The average molecular weight is 454 g/mol. The van der Waals surface area contributed by atoms with Gasteiger partial charge >= 0.3 is 0 Å². The molecule has 34 heavy (non-hydrogen) atoms. The first kappa shape index (κ1) is 26.7. The second-order valence-electron chi connectivity index (χ2n) is 9.06. The van der Waals surface area contributed by atoms with E-state index in [9.17, 15) is 0 Å². The molecule has 0 amide bonds. The monoisotopic (exact) mass is 453 g/mol. The van der Waals surface area contributed by atoms with Crippen LogP contribution in [0.3, 0.4) is 0 Å². The molecule has 1 fully saturated rings. The number of nitrogens with two attached hydrogens (primary N) is 2. The largest absolute Gasteiger partial charge is 0.401 e. The molecule has 5 N–H and O–H groups in total. The third-order valence-electron chi connectivity index (χ3n) is 6.07. The van der Waals surface area contributed by atoms with E-state index in [1.54, 1.807) is 0 Å². The van der Waals surface area contributed by atoms with Crippen LogP contribution in [0.1, 0.15) is 39.3 Å². The van der Waals surface area contributed by atoms with Gasteiger partial charge in [-0.2, -0.15) is 0 Å². The molecule has 3 heteroatoms. The molecule has 3 nitrogen and oxygen atoms in total. The normalized spacial score (nSPS) is 18.2. The van der Waals surface area contributed by atoms with Gasteiger partial charge in [0.15, 0.2) is 0 Å². The lowest BCUT2D eigenvalue weighted by Crippen LogP contribution is -2.48. The smallest absolute Gasteiger partial charge is 0.0722 e. The molecule has 0 heterocycles. The van der Waals surface area contributed by atoms with Crippen molar-refractivity contribution in [1.29, 1.82) is 0 Å². The first-order valence-electron chi connectivity index (χ1n) is 11.5. The molecule has 0 aliphatic heterocycles. The predicted octanol–water partition coefficient (Wildman–Crippen LogP) is 7.25. The number of anilines is 1. The Labute approximate surface area is 206 Å². The zero-order valence-electron chi connectivity index (χ0n) is 21.1. The second-order valence-corrected chi connectivity index (χ2v) is 9.06. The Hall–Kier alpha value is -3.56. The van der Waals surface area contributed by atoms with Crippen LogP contribution >= 0.6 is 0 Å². The quantitative estimate of drug-likeness (QED) is 0.305. The zero-order valence-corrected chi connectivity index (χ0v) is 21.1. The van der Waals surface area contributed by atoms with Crippen LogP contribution in [0.15, 0.2) is 121 Å². The minimum absolute atomic E-state index is 0.125. The highest BCUT2D eigenvalue weighted by atomic mass is 15.0. The summed E-state index contributed by atoms with van der Waals surface area (Å²) in [5.74, 6) is 0.359. The van der Waals surface area contributed by atoms with E-state index in [1.165, 1.54) is 11.1 Å². The Morgan fingerprint density at radius 1 is 0.971 bits per heavy atom. The summed E-state index contributed by atoms with van der Waals surface area (Å²) in [5, 5.41) is 3.56. The third-order valence-corrected chi connectivity index (χ3v) is 6.07. The van der Waals surface area contributed by atoms with Crippen molar-refractivity contribution < 1.29 is 0 Å². The van der Waals surface area contributed by atoms with Gasteiger partial charge in [-0.3, -0.25) is 5.32 Å².